The summed E-state index contributed by atoms with van der Waals surface area (Å²) < 4.78 is 20.4. The molecule has 1 saturated heterocycles. The smallest absolute Gasteiger partial charge is 0.261 e. The average Bonchev–Trinajstić information content (AvgIpc) is 3.20. The number of carbonyl (C=O) groups is 3. The van der Waals surface area contributed by atoms with Gasteiger partial charge in [0.05, 0.1) is 21.5 Å². The number of nitrogens with zero attached hydrogens (tertiary/aromatic N) is 2. The molecule has 0 radical (unpaired) electrons. The summed E-state index contributed by atoms with van der Waals surface area (Å²) in [5.41, 5.74) is 0.396. The number of halogens is 2. The van der Waals surface area contributed by atoms with Crippen LogP contribution in [0.2, 0.25) is 4.34 Å². The highest BCUT2D eigenvalue weighted by Crippen LogP contribution is 2.25. The predicted octanol–water partition coefficient (Wildman–Crippen LogP) is 3.23. The standard InChI is InChI=1S/C23H28ClFN4O4S/c1-14(2)12-28(3)18(11-26-23(32)19-6-7-20(24)34-19)22(31)27-15-4-5-17(16(25)10-15)29-8-9-33-13-21(29)30/h4-7,10,14,18H,8-9,11-13H2,1-3H3,(H,26,32)(H,27,31)/t18-/m1/s1. The van der Waals surface area contributed by atoms with Crippen molar-refractivity contribution in [3.8, 4) is 0 Å². The fourth-order valence-corrected chi connectivity index (χ4v) is 4.63. The van der Waals surface area contributed by atoms with Crippen molar-refractivity contribution in [2.24, 2.45) is 5.92 Å². The molecular weight excluding hydrogens is 483 g/mol. The van der Waals surface area contributed by atoms with Gasteiger partial charge in [-0.1, -0.05) is 25.4 Å². The maximum atomic E-state index is 14.8. The lowest BCUT2D eigenvalue weighted by Gasteiger charge is -2.29. The largest absolute Gasteiger partial charge is 0.370 e. The zero-order valence-corrected chi connectivity index (χ0v) is 20.8. The Morgan fingerprint density at radius 2 is 2.06 bits per heavy atom. The SMILES string of the molecule is CC(C)CN(C)[C@H](CNC(=O)c1ccc(Cl)s1)C(=O)Nc1ccc(N2CCOCC2=O)c(F)c1. The Hall–Kier alpha value is -2.53. The molecule has 34 heavy (non-hydrogen) atoms. The first kappa shape index (κ1) is 26.1. The van der Waals surface area contributed by atoms with E-state index >= 15 is 0 Å². The van der Waals surface area contributed by atoms with Crippen LogP contribution in [0.1, 0.15) is 23.5 Å². The van der Waals surface area contributed by atoms with Crippen LogP contribution in [-0.4, -0.2) is 68.6 Å². The number of hydrogen-bond acceptors (Lipinski definition) is 6. The van der Waals surface area contributed by atoms with Gasteiger partial charge in [-0.15, -0.1) is 11.3 Å². The highest BCUT2D eigenvalue weighted by atomic mass is 35.5. The molecule has 1 aliphatic heterocycles. The topological polar surface area (TPSA) is 91.0 Å². The van der Waals surface area contributed by atoms with Crippen LogP contribution in [0.4, 0.5) is 15.8 Å². The summed E-state index contributed by atoms with van der Waals surface area (Å²) in [4.78, 5) is 41.2. The van der Waals surface area contributed by atoms with Crippen LogP contribution in [0.25, 0.3) is 0 Å². The van der Waals surface area contributed by atoms with Crippen LogP contribution >= 0.6 is 22.9 Å². The first-order valence-electron chi connectivity index (χ1n) is 10.9. The minimum absolute atomic E-state index is 0.0618. The van der Waals surface area contributed by atoms with Crippen LogP contribution in [0.5, 0.6) is 0 Å². The molecule has 1 atom stereocenters. The Balaban J connectivity index is 1.70. The van der Waals surface area contributed by atoms with E-state index < -0.39 is 11.9 Å². The van der Waals surface area contributed by atoms with E-state index in [4.69, 9.17) is 16.3 Å². The van der Waals surface area contributed by atoms with Gasteiger partial charge in [0.1, 0.15) is 18.5 Å². The van der Waals surface area contributed by atoms with Gasteiger partial charge in [0.2, 0.25) is 5.91 Å². The van der Waals surface area contributed by atoms with Crippen molar-refractivity contribution in [3.05, 3.63) is 45.4 Å². The fourth-order valence-electron chi connectivity index (χ4n) is 3.67. The van der Waals surface area contributed by atoms with E-state index in [1.165, 1.54) is 17.0 Å². The summed E-state index contributed by atoms with van der Waals surface area (Å²) in [6.45, 7) is 5.23. The molecule has 0 aliphatic carbocycles. The number of hydrogen-bond donors (Lipinski definition) is 2. The molecule has 11 heteroatoms. The zero-order valence-electron chi connectivity index (χ0n) is 19.3. The van der Waals surface area contributed by atoms with Gasteiger partial charge in [0, 0.05) is 25.3 Å². The molecular formula is C23H28ClFN4O4S. The number of rotatable bonds is 9. The maximum Gasteiger partial charge on any atom is 0.261 e. The second-order valence-corrected chi connectivity index (χ2v) is 10.1. The van der Waals surface area contributed by atoms with Crippen molar-refractivity contribution in [2.75, 3.05) is 50.1 Å². The summed E-state index contributed by atoms with van der Waals surface area (Å²) in [6.07, 6.45) is 0. The highest BCUT2D eigenvalue weighted by Gasteiger charge is 2.26. The molecule has 1 aromatic heterocycles. The molecule has 2 aromatic rings. The molecule has 3 amide bonds. The molecule has 1 aliphatic rings. The molecule has 2 N–H and O–H groups in total. The molecule has 184 valence electrons. The molecule has 2 heterocycles. The molecule has 0 saturated carbocycles. The number of ether oxygens (including phenoxy) is 1. The van der Waals surface area contributed by atoms with E-state index in [2.05, 4.69) is 10.6 Å². The second-order valence-electron chi connectivity index (χ2n) is 8.42. The number of nitrogens with one attached hydrogen (secondary N) is 2. The Kier molecular flexibility index (Phi) is 9.01. The van der Waals surface area contributed by atoms with Crippen LogP contribution < -0.4 is 15.5 Å². The first-order valence-corrected chi connectivity index (χ1v) is 12.1. The quantitative estimate of drug-likeness (QED) is 0.540. The Labute approximate surface area is 207 Å². The average molecular weight is 511 g/mol. The lowest BCUT2D eigenvalue weighted by molar-refractivity contribution is -0.125. The molecule has 0 bridgehead atoms. The Morgan fingerprint density at radius 1 is 1.29 bits per heavy atom. The van der Waals surface area contributed by atoms with Crippen molar-refractivity contribution in [3.63, 3.8) is 0 Å². The Morgan fingerprint density at radius 3 is 2.68 bits per heavy atom. The molecule has 1 aromatic carbocycles. The van der Waals surface area contributed by atoms with Gasteiger partial charge in [0.25, 0.3) is 11.8 Å². The van der Waals surface area contributed by atoms with Gasteiger partial charge in [-0.05, 0) is 43.3 Å². The second kappa shape index (κ2) is 11.7. The summed E-state index contributed by atoms with van der Waals surface area (Å²) in [5.74, 6) is -1.36. The van der Waals surface area contributed by atoms with Gasteiger partial charge in [0.15, 0.2) is 0 Å². The van der Waals surface area contributed by atoms with E-state index in [0.29, 0.717) is 22.4 Å². The summed E-state index contributed by atoms with van der Waals surface area (Å²) >= 11 is 7.06. The minimum Gasteiger partial charge on any atom is -0.370 e. The van der Waals surface area contributed by atoms with Gasteiger partial charge >= 0.3 is 0 Å². The molecule has 3 rings (SSSR count). The first-order chi connectivity index (χ1) is 16.2. The van der Waals surface area contributed by atoms with E-state index in [1.807, 2.05) is 18.7 Å². The zero-order chi connectivity index (χ0) is 24.8. The van der Waals surface area contributed by atoms with Crippen molar-refractivity contribution >= 4 is 52.0 Å². The van der Waals surface area contributed by atoms with Gasteiger partial charge in [-0.25, -0.2) is 4.39 Å². The monoisotopic (exact) mass is 510 g/mol. The molecule has 1 fully saturated rings. The summed E-state index contributed by atoms with van der Waals surface area (Å²) in [6, 6.07) is 6.76. The van der Waals surface area contributed by atoms with Gasteiger partial charge in [-0.3, -0.25) is 19.3 Å². The normalized spacial score (nSPS) is 15.0. The number of carbonyl (C=O) groups excluding carboxylic acids is 3. The minimum atomic E-state index is -0.689. The van der Waals surface area contributed by atoms with Crippen LogP contribution in [0.15, 0.2) is 30.3 Å². The van der Waals surface area contributed by atoms with E-state index in [0.717, 1.165) is 11.3 Å². The van der Waals surface area contributed by atoms with Crippen LogP contribution in [-0.2, 0) is 14.3 Å². The highest BCUT2D eigenvalue weighted by molar-refractivity contribution is 7.18. The third-order valence-corrected chi connectivity index (χ3v) is 6.46. The number of thiophene rings is 1. The van der Waals surface area contributed by atoms with E-state index in [9.17, 15) is 18.8 Å². The molecule has 8 nitrogen and oxygen atoms in total. The Bertz CT molecular complexity index is 1050. The van der Waals surface area contributed by atoms with Crippen molar-refractivity contribution in [2.45, 2.75) is 19.9 Å². The maximum absolute atomic E-state index is 14.8. The summed E-state index contributed by atoms with van der Waals surface area (Å²) in [7, 11) is 1.80. The van der Waals surface area contributed by atoms with Crippen molar-refractivity contribution in [1.29, 1.82) is 0 Å². The predicted molar refractivity (Wildman–Crippen MR) is 131 cm³/mol. The van der Waals surface area contributed by atoms with Gasteiger partial charge in [-0.2, -0.15) is 0 Å². The van der Waals surface area contributed by atoms with Crippen LogP contribution in [0.3, 0.4) is 0 Å². The third kappa shape index (κ3) is 6.75. The molecule has 0 unspecified atom stereocenters. The lowest BCUT2D eigenvalue weighted by atomic mass is 10.1. The van der Waals surface area contributed by atoms with Crippen molar-refractivity contribution < 1.29 is 23.5 Å². The summed E-state index contributed by atoms with van der Waals surface area (Å²) in [5, 5.41) is 5.51. The number of likely N-dealkylation sites (N-methyl/N-ethyl adjacent to an activating group) is 1. The van der Waals surface area contributed by atoms with Crippen molar-refractivity contribution in [1.82, 2.24) is 10.2 Å². The van der Waals surface area contributed by atoms with E-state index in [1.54, 1.807) is 25.2 Å². The van der Waals surface area contributed by atoms with Gasteiger partial charge < -0.3 is 20.3 Å². The number of morpholine rings is 1. The fraction of sp³-hybridized carbons (Fsp3) is 0.435. The van der Waals surface area contributed by atoms with E-state index in [-0.39, 0.29) is 54.7 Å². The number of amides is 3. The third-order valence-electron chi connectivity index (χ3n) is 5.23. The number of benzene rings is 1. The lowest BCUT2D eigenvalue weighted by Crippen LogP contribution is -2.50. The number of anilines is 2. The molecule has 0 spiro atoms. The van der Waals surface area contributed by atoms with Crippen LogP contribution in [0, 0.1) is 11.7 Å².